The van der Waals surface area contributed by atoms with Gasteiger partial charge in [-0.05, 0) is 55.2 Å². The lowest BCUT2D eigenvalue weighted by molar-refractivity contribution is 0.0940. The molecule has 0 saturated heterocycles. The molecule has 1 atom stereocenters. The predicted octanol–water partition coefficient (Wildman–Crippen LogP) is 3.25. The molecule has 110 valence electrons. The Morgan fingerprint density at radius 1 is 1.10 bits per heavy atom. The Morgan fingerprint density at radius 3 is 2.33 bits per heavy atom. The van der Waals surface area contributed by atoms with E-state index in [2.05, 4.69) is 5.32 Å². The van der Waals surface area contributed by atoms with E-state index >= 15 is 0 Å². The van der Waals surface area contributed by atoms with Crippen molar-refractivity contribution >= 4 is 5.91 Å². The molecule has 0 aliphatic heterocycles. The van der Waals surface area contributed by atoms with E-state index in [0.717, 1.165) is 16.7 Å². The molecule has 2 aromatic carbocycles. The van der Waals surface area contributed by atoms with Gasteiger partial charge >= 0.3 is 0 Å². The number of rotatable bonds is 4. The number of hydrogen-bond acceptors (Lipinski definition) is 2. The molecule has 1 unspecified atom stereocenters. The Hall–Kier alpha value is -2.13. The number of hydrogen-bond donors (Lipinski definition) is 2. The molecule has 0 spiro atoms. The van der Waals surface area contributed by atoms with E-state index in [-0.39, 0.29) is 11.9 Å². The zero-order chi connectivity index (χ0) is 15.4. The van der Waals surface area contributed by atoms with Crippen molar-refractivity contribution in [3.05, 3.63) is 70.3 Å². The summed E-state index contributed by atoms with van der Waals surface area (Å²) < 4.78 is 0. The maximum Gasteiger partial charge on any atom is 0.251 e. The van der Waals surface area contributed by atoms with Crippen molar-refractivity contribution in [2.24, 2.45) is 5.73 Å². The first-order chi connectivity index (χ1) is 10.0. The summed E-state index contributed by atoms with van der Waals surface area (Å²) in [7, 11) is 0. The van der Waals surface area contributed by atoms with Crippen molar-refractivity contribution in [1.29, 1.82) is 0 Å². The van der Waals surface area contributed by atoms with Gasteiger partial charge in [-0.25, -0.2) is 0 Å². The molecule has 0 heterocycles. The number of nitrogens with one attached hydrogen (secondary N) is 1. The maximum absolute atomic E-state index is 12.3. The van der Waals surface area contributed by atoms with Gasteiger partial charge in [0.1, 0.15) is 0 Å². The molecule has 0 aliphatic carbocycles. The molecule has 0 aliphatic rings. The zero-order valence-electron chi connectivity index (χ0n) is 12.8. The van der Waals surface area contributed by atoms with E-state index in [1.165, 1.54) is 5.56 Å². The summed E-state index contributed by atoms with van der Waals surface area (Å²) in [4.78, 5) is 12.3. The minimum atomic E-state index is -0.0477. The molecule has 0 aromatic heterocycles. The number of carbonyl (C=O) groups is 1. The predicted molar refractivity (Wildman–Crippen MR) is 86.1 cm³/mol. The van der Waals surface area contributed by atoms with Gasteiger partial charge in [-0.15, -0.1) is 0 Å². The van der Waals surface area contributed by atoms with Gasteiger partial charge in [0.25, 0.3) is 5.91 Å². The van der Waals surface area contributed by atoms with Gasteiger partial charge in [-0.3, -0.25) is 4.79 Å². The summed E-state index contributed by atoms with van der Waals surface area (Å²) in [6.07, 6.45) is 0. The average molecular weight is 282 g/mol. The van der Waals surface area contributed by atoms with Crippen molar-refractivity contribution in [2.75, 3.05) is 0 Å². The Balaban J connectivity index is 2.08. The normalized spacial score (nSPS) is 12.0. The van der Waals surface area contributed by atoms with E-state index < -0.39 is 0 Å². The molecule has 21 heavy (non-hydrogen) atoms. The van der Waals surface area contributed by atoms with Crippen molar-refractivity contribution in [3.8, 4) is 0 Å². The van der Waals surface area contributed by atoms with Crippen LogP contribution in [0.4, 0.5) is 0 Å². The third kappa shape index (κ3) is 3.70. The SMILES string of the molecule is Cc1ccc(C(=O)NC(C)c2ccc(CN)cc2)cc1C. The molecule has 0 saturated carbocycles. The molecule has 3 heteroatoms. The highest BCUT2D eigenvalue weighted by Crippen LogP contribution is 2.15. The van der Waals surface area contributed by atoms with Gasteiger partial charge in [0.2, 0.25) is 0 Å². The first-order valence-electron chi connectivity index (χ1n) is 7.18. The summed E-state index contributed by atoms with van der Waals surface area (Å²) in [5.41, 5.74) is 10.8. The Morgan fingerprint density at radius 2 is 1.76 bits per heavy atom. The molecule has 2 aromatic rings. The van der Waals surface area contributed by atoms with Crippen LogP contribution >= 0.6 is 0 Å². The largest absolute Gasteiger partial charge is 0.346 e. The van der Waals surface area contributed by atoms with Gasteiger partial charge in [-0.2, -0.15) is 0 Å². The minimum Gasteiger partial charge on any atom is -0.346 e. The number of carbonyl (C=O) groups excluding carboxylic acids is 1. The van der Waals surface area contributed by atoms with Crippen LogP contribution in [0.5, 0.6) is 0 Å². The fourth-order valence-corrected chi connectivity index (χ4v) is 2.19. The van der Waals surface area contributed by atoms with Crippen molar-refractivity contribution in [3.63, 3.8) is 0 Å². The second-order valence-electron chi connectivity index (χ2n) is 5.44. The van der Waals surface area contributed by atoms with Crippen LogP contribution in [0.25, 0.3) is 0 Å². The third-order valence-electron chi connectivity index (χ3n) is 3.83. The second-order valence-corrected chi connectivity index (χ2v) is 5.44. The highest BCUT2D eigenvalue weighted by Gasteiger charge is 2.11. The fraction of sp³-hybridized carbons (Fsp3) is 0.278. The van der Waals surface area contributed by atoms with E-state index in [0.29, 0.717) is 12.1 Å². The third-order valence-corrected chi connectivity index (χ3v) is 3.83. The summed E-state index contributed by atoms with van der Waals surface area (Å²) in [5.74, 6) is -0.0477. The van der Waals surface area contributed by atoms with Crippen LogP contribution < -0.4 is 11.1 Å². The van der Waals surface area contributed by atoms with Crippen LogP contribution in [0.1, 0.15) is 45.6 Å². The molecule has 0 bridgehead atoms. The van der Waals surface area contributed by atoms with Crippen molar-refractivity contribution in [1.82, 2.24) is 5.32 Å². The van der Waals surface area contributed by atoms with Gasteiger partial charge in [0, 0.05) is 12.1 Å². The Kier molecular flexibility index (Phi) is 4.76. The number of aryl methyl sites for hydroxylation is 2. The quantitative estimate of drug-likeness (QED) is 0.904. The lowest BCUT2D eigenvalue weighted by Crippen LogP contribution is -2.26. The Bertz CT molecular complexity index is 632. The minimum absolute atomic E-state index is 0.0362. The summed E-state index contributed by atoms with van der Waals surface area (Å²) in [6.45, 7) is 6.57. The summed E-state index contributed by atoms with van der Waals surface area (Å²) in [6, 6.07) is 13.7. The van der Waals surface area contributed by atoms with Crippen LogP contribution in [0.2, 0.25) is 0 Å². The van der Waals surface area contributed by atoms with Crippen LogP contribution in [-0.2, 0) is 6.54 Å². The second kappa shape index (κ2) is 6.55. The van der Waals surface area contributed by atoms with E-state index in [1.54, 1.807) is 0 Å². The topological polar surface area (TPSA) is 55.1 Å². The molecule has 2 rings (SSSR count). The van der Waals surface area contributed by atoms with E-state index in [9.17, 15) is 4.79 Å². The first-order valence-corrected chi connectivity index (χ1v) is 7.18. The lowest BCUT2D eigenvalue weighted by atomic mass is 10.0. The Labute approximate surface area is 126 Å². The van der Waals surface area contributed by atoms with E-state index in [4.69, 9.17) is 5.73 Å². The summed E-state index contributed by atoms with van der Waals surface area (Å²) in [5, 5.41) is 3.03. The zero-order valence-corrected chi connectivity index (χ0v) is 12.8. The monoisotopic (exact) mass is 282 g/mol. The molecular weight excluding hydrogens is 260 g/mol. The van der Waals surface area contributed by atoms with Crippen LogP contribution in [-0.4, -0.2) is 5.91 Å². The molecule has 3 nitrogen and oxygen atoms in total. The van der Waals surface area contributed by atoms with Crippen LogP contribution in [0, 0.1) is 13.8 Å². The summed E-state index contributed by atoms with van der Waals surface area (Å²) >= 11 is 0. The van der Waals surface area contributed by atoms with Gasteiger partial charge < -0.3 is 11.1 Å². The van der Waals surface area contributed by atoms with Crippen LogP contribution in [0.15, 0.2) is 42.5 Å². The highest BCUT2D eigenvalue weighted by atomic mass is 16.1. The highest BCUT2D eigenvalue weighted by molar-refractivity contribution is 5.94. The molecule has 0 radical (unpaired) electrons. The van der Waals surface area contributed by atoms with Crippen LogP contribution in [0.3, 0.4) is 0 Å². The number of amides is 1. The number of benzene rings is 2. The first kappa shape index (κ1) is 15.3. The van der Waals surface area contributed by atoms with Gasteiger partial charge in [0.15, 0.2) is 0 Å². The fourth-order valence-electron chi connectivity index (χ4n) is 2.19. The van der Waals surface area contributed by atoms with Crippen molar-refractivity contribution < 1.29 is 4.79 Å². The molecular formula is C18H22N2O. The lowest BCUT2D eigenvalue weighted by Gasteiger charge is -2.15. The molecule has 1 amide bonds. The molecule has 3 N–H and O–H groups in total. The standard InChI is InChI=1S/C18H22N2O/c1-12-4-7-17(10-13(12)2)18(21)20-14(3)16-8-5-15(11-19)6-9-16/h4-10,14H,11,19H2,1-3H3,(H,20,21). The average Bonchev–Trinajstić information content (AvgIpc) is 2.50. The van der Waals surface area contributed by atoms with Gasteiger partial charge in [0.05, 0.1) is 6.04 Å². The molecule has 0 fully saturated rings. The smallest absolute Gasteiger partial charge is 0.251 e. The van der Waals surface area contributed by atoms with Crippen molar-refractivity contribution in [2.45, 2.75) is 33.4 Å². The maximum atomic E-state index is 12.3. The van der Waals surface area contributed by atoms with Gasteiger partial charge in [-0.1, -0.05) is 30.3 Å². The number of nitrogens with two attached hydrogens (primary N) is 1. The van der Waals surface area contributed by atoms with E-state index in [1.807, 2.05) is 63.2 Å².